The molecule has 0 bridgehead atoms. The fourth-order valence-electron chi connectivity index (χ4n) is 2.16. The SMILES string of the molecule is CC1CCC(Nc2ccc(Cl)c(Cl)c2)C1. The quantitative estimate of drug-likeness (QED) is 0.801. The van der Waals surface area contributed by atoms with Gasteiger partial charge in [-0.1, -0.05) is 30.1 Å². The van der Waals surface area contributed by atoms with Gasteiger partial charge in [0.2, 0.25) is 0 Å². The average Bonchev–Trinajstić information content (AvgIpc) is 2.58. The molecule has 1 saturated carbocycles. The summed E-state index contributed by atoms with van der Waals surface area (Å²) in [5.41, 5.74) is 1.07. The van der Waals surface area contributed by atoms with Crippen LogP contribution in [-0.4, -0.2) is 6.04 Å². The van der Waals surface area contributed by atoms with E-state index in [4.69, 9.17) is 23.2 Å². The molecule has 0 heterocycles. The molecule has 1 aromatic carbocycles. The maximum atomic E-state index is 5.96. The molecule has 0 aliphatic heterocycles. The average molecular weight is 244 g/mol. The third-order valence-corrected chi connectivity index (χ3v) is 3.72. The minimum absolute atomic E-state index is 0.595. The van der Waals surface area contributed by atoms with Crippen molar-refractivity contribution in [1.29, 1.82) is 0 Å². The molecule has 0 aromatic heterocycles. The van der Waals surface area contributed by atoms with Crippen LogP contribution >= 0.6 is 23.2 Å². The molecule has 0 saturated heterocycles. The van der Waals surface area contributed by atoms with Crippen LogP contribution in [-0.2, 0) is 0 Å². The Kier molecular flexibility index (Phi) is 3.42. The van der Waals surface area contributed by atoms with E-state index in [-0.39, 0.29) is 0 Å². The Morgan fingerprint density at radius 2 is 2.00 bits per heavy atom. The van der Waals surface area contributed by atoms with E-state index < -0.39 is 0 Å². The summed E-state index contributed by atoms with van der Waals surface area (Å²) in [7, 11) is 0. The lowest BCUT2D eigenvalue weighted by Gasteiger charge is -2.14. The van der Waals surface area contributed by atoms with E-state index in [0.29, 0.717) is 16.1 Å². The molecule has 0 spiro atoms. The van der Waals surface area contributed by atoms with Gasteiger partial charge >= 0.3 is 0 Å². The second kappa shape index (κ2) is 4.63. The monoisotopic (exact) mass is 243 g/mol. The summed E-state index contributed by atoms with van der Waals surface area (Å²) >= 11 is 11.8. The van der Waals surface area contributed by atoms with E-state index in [2.05, 4.69) is 12.2 Å². The van der Waals surface area contributed by atoms with Crippen LogP contribution in [0, 0.1) is 5.92 Å². The van der Waals surface area contributed by atoms with E-state index in [0.717, 1.165) is 11.6 Å². The molecule has 0 radical (unpaired) electrons. The number of halogens is 2. The van der Waals surface area contributed by atoms with Crippen LogP contribution < -0.4 is 5.32 Å². The first-order valence-electron chi connectivity index (χ1n) is 5.37. The highest BCUT2D eigenvalue weighted by Gasteiger charge is 2.20. The first-order chi connectivity index (χ1) is 7.15. The van der Waals surface area contributed by atoms with Gasteiger partial charge in [0, 0.05) is 11.7 Å². The predicted molar refractivity (Wildman–Crippen MR) is 66.9 cm³/mol. The zero-order chi connectivity index (χ0) is 10.8. The van der Waals surface area contributed by atoms with Gasteiger partial charge < -0.3 is 5.32 Å². The van der Waals surface area contributed by atoms with Gasteiger partial charge in [0.15, 0.2) is 0 Å². The van der Waals surface area contributed by atoms with Crippen LogP contribution in [0.4, 0.5) is 5.69 Å². The van der Waals surface area contributed by atoms with Crippen molar-refractivity contribution in [1.82, 2.24) is 0 Å². The summed E-state index contributed by atoms with van der Waals surface area (Å²) < 4.78 is 0. The highest BCUT2D eigenvalue weighted by Crippen LogP contribution is 2.30. The summed E-state index contributed by atoms with van der Waals surface area (Å²) in [6, 6.07) is 6.31. The second-order valence-corrected chi connectivity index (χ2v) is 5.20. The van der Waals surface area contributed by atoms with E-state index in [9.17, 15) is 0 Å². The Bertz CT molecular complexity index is 351. The summed E-state index contributed by atoms with van der Waals surface area (Å²) in [4.78, 5) is 0. The number of benzene rings is 1. The molecule has 1 nitrogen and oxygen atoms in total. The van der Waals surface area contributed by atoms with Crippen LogP contribution in [0.15, 0.2) is 18.2 Å². The minimum Gasteiger partial charge on any atom is -0.382 e. The Morgan fingerprint density at radius 3 is 2.60 bits per heavy atom. The molecule has 2 unspecified atom stereocenters. The van der Waals surface area contributed by atoms with Gasteiger partial charge in [-0.25, -0.2) is 0 Å². The van der Waals surface area contributed by atoms with Gasteiger partial charge in [-0.3, -0.25) is 0 Å². The largest absolute Gasteiger partial charge is 0.382 e. The van der Waals surface area contributed by atoms with Crippen LogP contribution in [0.25, 0.3) is 0 Å². The van der Waals surface area contributed by atoms with Crippen molar-refractivity contribution in [2.24, 2.45) is 5.92 Å². The van der Waals surface area contributed by atoms with Gasteiger partial charge in [0.05, 0.1) is 10.0 Å². The molecule has 15 heavy (non-hydrogen) atoms. The number of nitrogens with one attached hydrogen (secondary N) is 1. The fraction of sp³-hybridized carbons (Fsp3) is 0.500. The third kappa shape index (κ3) is 2.79. The zero-order valence-corrected chi connectivity index (χ0v) is 10.3. The summed E-state index contributed by atoms with van der Waals surface area (Å²) in [6.07, 6.45) is 3.82. The Labute approximate surface area is 101 Å². The molecule has 1 aliphatic rings. The van der Waals surface area contributed by atoms with Crippen LogP contribution in [0.5, 0.6) is 0 Å². The van der Waals surface area contributed by atoms with E-state index >= 15 is 0 Å². The van der Waals surface area contributed by atoms with E-state index in [1.165, 1.54) is 19.3 Å². The Balaban J connectivity index is 2.02. The highest BCUT2D eigenvalue weighted by molar-refractivity contribution is 6.42. The summed E-state index contributed by atoms with van der Waals surface area (Å²) in [6.45, 7) is 2.30. The third-order valence-electron chi connectivity index (χ3n) is 2.99. The van der Waals surface area contributed by atoms with Crippen LogP contribution in [0.2, 0.25) is 10.0 Å². The van der Waals surface area contributed by atoms with Crippen molar-refractivity contribution in [3.05, 3.63) is 28.2 Å². The normalized spacial score (nSPS) is 25.5. The van der Waals surface area contributed by atoms with Crippen molar-refractivity contribution >= 4 is 28.9 Å². The number of anilines is 1. The minimum atomic E-state index is 0.595. The zero-order valence-electron chi connectivity index (χ0n) is 8.76. The van der Waals surface area contributed by atoms with Crippen LogP contribution in [0.1, 0.15) is 26.2 Å². The first kappa shape index (κ1) is 11.1. The van der Waals surface area contributed by atoms with Gasteiger partial charge in [-0.2, -0.15) is 0 Å². The standard InChI is InChI=1S/C12H15Cl2N/c1-8-2-3-9(6-8)15-10-4-5-11(13)12(14)7-10/h4-5,7-9,15H,2-3,6H2,1H3. The summed E-state index contributed by atoms with van der Waals surface area (Å²) in [5.74, 6) is 0.838. The van der Waals surface area contributed by atoms with Crippen molar-refractivity contribution in [3.63, 3.8) is 0 Å². The van der Waals surface area contributed by atoms with Gasteiger partial charge in [0.1, 0.15) is 0 Å². The molecule has 0 amide bonds. The van der Waals surface area contributed by atoms with Crippen molar-refractivity contribution in [2.45, 2.75) is 32.2 Å². The Hall–Kier alpha value is -0.400. The van der Waals surface area contributed by atoms with Crippen molar-refractivity contribution in [2.75, 3.05) is 5.32 Å². The van der Waals surface area contributed by atoms with E-state index in [1.807, 2.05) is 18.2 Å². The predicted octanol–water partition coefficient (Wildman–Crippen LogP) is 4.59. The van der Waals surface area contributed by atoms with Crippen molar-refractivity contribution < 1.29 is 0 Å². The van der Waals surface area contributed by atoms with Crippen molar-refractivity contribution in [3.8, 4) is 0 Å². The molecule has 1 fully saturated rings. The van der Waals surface area contributed by atoms with Gasteiger partial charge in [0.25, 0.3) is 0 Å². The molecular weight excluding hydrogens is 229 g/mol. The molecule has 1 aliphatic carbocycles. The number of rotatable bonds is 2. The summed E-state index contributed by atoms with van der Waals surface area (Å²) in [5, 5.41) is 4.73. The second-order valence-electron chi connectivity index (χ2n) is 4.39. The molecule has 1 N–H and O–H groups in total. The molecule has 3 heteroatoms. The molecule has 2 rings (SSSR count). The van der Waals surface area contributed by atoms with Gasteiger partial charge in [-0.05, 0) is 43.4 Å². The smallest absolute Gasteiger partial charge is 0.0612 e. The van der Waals surface area contributed by atoms with Gasteiger partial charge in [-0.15, -0.1) is 0 Å². The molecule has 82 valence electrons. The lowest BCUT2D eigenvalue weighted by molar-refractivity contribution is 0.602. The number of hydrogen-bond acceptors (Lipinski definition) is 1. The lowest BCUT2D eigenvalue weighted by atomic mass is 10.1. The van der Waals surface area contributed by atoms with E-state index in [1.54, 1.807) is 0 Å². The lowest BCUT2D eigenvalue weighted by Crippen LogP contribution is -2.15. The topological polar surface area (TPSA) is 12.0 Å². The number of hydrogen-bond donors (Lipinski definition) is 1. The molecule has 1 aromatic rings. The fourth-order valence-corrected chi connectivity index (χ4v) is 2.46. The highest BCUT2D eigenvalue weighted by atomic mass is 35.5. The molecular formula is C12H15Cl2N. The maximum Gasteiger partial charge on any atom is 0.0612 e. The maximum absolute atomic E-state index is 5.96. The Morgan fingerprint density at radius 1 is 1.20 bits per heavy atom. The molecule has 2 atom stereocenters. The van der Waals surface area contributed by atoms with Crippen LogP contribution in [0.3, 0.4) is 0 Å². The first-order valence-corrected chi connectivity index (χ1v) is 6.12.